The van der Waals surface area contributed by atoms with Crippen LogP contribution in [0.4, 0.5) is 4.39 Å². The third-order valence-corrected chi connectivity index (χ3v) is 4.34. The maximum Gasteiger partial charge on any atom is 0.126 e. The summed E-state index contributed by atoms with van der Waals surface area (Å²) in [6, 6.07) is 6.00. The Kier molecular flexibility index (Phi) is 5.38. The Labute approximate surface area is 116 Å². The van der Waals surface area contributed by atoms with Gasteiger partial charge in [0.15, 0.2) is 0 Å². The molecule has 0 aliphatic heterocycles. The first-order chi connectivity index (χ1) is 9.20. The lowest BCUT2D eigenvalue weighted by molar-refractivity contribution is 0.301. The molecule has 0 saturated heterocycles. The van der Waals surface area contributed by atoms with Crippen molar-refractivity contribution in [2.45, 2.75) is 58.4 Å². The first-order valence-electron chi connectivity index (χ1n) is 7.70. The molecule has 0 bridgehead atoms. The van der Waals surface area contributed by atoms with Gasteiger partial charge in [-0.3, -0.25) is 0 Å². The van der Waals surface area contributed by atoms with E-state index < -0.39 is 0 Å². The second-order valence-corrected chi connectivity index (χ2v) is 5.86. The van der Waals surface area contributed by atoms with Crippen LogP contribution in [0.5, 0.6) is 0 Å². The molecule has 1 aromatic carbocycles. The van der Waals surface area contributed by atoms with E-state index in [1.54, 1.807) is 6.07 Å². The number of rotatable bonds is 5. The molecule has 1 N–H and O–H groups in total. The SMILES string of the molecule is CCNC(CC1CCCCC1)c1ccc(C)c(F)c1. The second kappa shape index (κ2) is 7.04. The van der Waals surface area contributed by atoms with Crippen LogP contribution in [-0.4, -0.2) is 6.54 Å². The van der Waals surface area contributed by atoms with E-state index in [1.165, 1.54) is 32.1 Å². The van der Waals surface area contributed by atoms with Crippen molar-refractivity contribution >= 4 is 0 Å². The van der Waals surface area contributed by atoms with Crippen molar-refractivity contribution in [1.29, 1.82) is 0 Å². The summed E-state index contributed by atoms with van der Waals surface area (Å²) >= 11 is 0. The number of hydrogen-bond donors (Lipinski definition) is 1. The molecular weight excluding hydrogens is 237 g/mol. The smallest absolute Gasteiger partial charge is 0.126 e. The Bertz CT molecular complexity index is 396. The molecule has 1 aliphatic rings. The zero-order valence-corrected chi connectivity index (χ0v) is 12.2. The Morgan fingerprint density at radius 3 is 2.63 bits per heavy atom. The number of halogens is 1. The Hall–Kier alpha value is -0.890. The third kappa shape index (κ3) is 4.04. The second-order valence-electron chi connectivity index (χ2n) is 5.86. The van der Waals surface area contributed by atoms with Gasteiger partial charge in [-0.2, -0.15) is 0 Å². The molecular formula is C17H26FN. The Morgan fingerprint density at radius 1 is 1.26 bits per heavy atom. The van der Waals surface area contributed by atoms with E-state index in [0.717, 1.165) is 30.0 Å². The molecule has 0 spiro atoms. The van der Waals surface area contributed by atoms with Gasteiger partial charge in [0.05, 0.1) is 0 Å². The van der Waals surface area contributed by atoms with Gasteiger partial charge in [-0.15, -0.1) is 0 Å². The molecule has 2 heteroatoms. The number of nitrogens with one attached hydrogen (secondary N) is 1. The fourth-order valence-corrected chi connectivity index (χ4v) is 3.17. The molecule has 2 rings (SSSR count). The molecule has 0 aromatic heterocycles. The van der Waals surface area contributed by atoms with Crippen LogP contribution in [0.25, 0.3) is 0 Å². The van der Waals surface area contributed by atoms with Crippen molar-refractivity contribution in [1.82, 2.24) is 5.32 Å². The summed E-state index contributed by atoms with van der Waals surface area (Å²) in [4.78, 5) is 0. The minimum absolute atomic E-state index is 0.0796. The van der Waals surface area contributed by atoms with Crippen LogP contribution >= 0.6 is 0 Å². The lowest BCUT2D eigenvalue weighted by Crippen LogP contribution is -2.24. The topological polar surface area (TPSA) is 12.0 Å². The average molecular weight is 263 g/mol. The minimum atomic E-state index is -0.0796. The average Bonchev–Trinajstić information content (AvgIpc) is 2.43. The van der Waals surface area contributed by atoms with Crippen molar-refractivity contribution in [3.63, 3.8) is 0 Å². The molecule has 1 aliphatic carbocycles. The highest BCUT2D eigenvalue weighted by atomic mass is 19.1. The maximum absolute atomic E-state index is 13.7. The predicted octanol–water partition coefficient (Wildman–Crippen LogP) is 4.76. The van der Waals surface area contributed by atoms with Crippen LogP contribution in [-0.2, 0) is 0 Å². The quantitative estimate of drug-likeness (QED) is 0.808. The summed E-state index contributed by atoms with van der Waals surface area (Å²) in [6.45, 7) is 4.88. The molecule has 106 valence electrons. The van der Waals surface area contributed by atoms with Gasteiger partial charge in [0.25, 0.3) is 0 Å². The van der Waals surface area contributed by atoms with E-state index in [4.69, 9.17) is 0 Å². The van der Waals surface area contributed by atoms with Crippen LogP contribution in [0.15, 0.2) is 18.2 Å². The zero-order chi connectivity index (χ0) is 13.7. The fourth-order valence-electron chi connectivity index (χ4n) is 3.17. The van der Waals surface area contributed by atoms with E-state index in [1.807, 2.05) is 13.0 Å². The van der Waals surface area contributed by atoms with Gasteiger partial charge in [0.1, 0.15) is 5.82 Å². The van der Waals surface area contributed by atoms with Gasteiger partial charge < -0.3 is 5.32 Å². The summed E-state index contributed by atoms with van der Waals surface area (Å²) in [5, 5.41) is 3.53. The third-order valence-electron chi connectivity index (χ3n) is 4.34. The normalized spacial score (nSPS) is 18.5. The van der Waals surface area contributed by atoms with Gasteiger partial charge >= 0.3 is 0 Å². The zero-order valence-electron chi connectivity index (χ0n) is 12.2. The lowest BCUT2D eigenvalue weighted by Gasteiger charge is -2.27. The molecule has 19 heavy (non-hydrogen) atoms. The van der Waals surface area contributed by atoms with E-state index >= 15 is 0 Å². The van der Waals surface area contributed by atoms with Gasteiger partial charge in [0, 0.05) is 6.04 Å². The molecule has 0 radical (unpaired) electrons. The van der Waals surface area contributed by atoms with Crippen LogP contribution < -0.4 is 5.32 Å². The summed E-state index contributed by atoms with van der Waals surface area (Å²) in [7, 11) is 0. The summed E-state index contributed by atoms with van der Waals surface area (Å²) < 4.78 is 13.7. The molecule has 1 saturated carbocycles. The lowest BCUT2D eigenvalue weighted by atomic mass is 9.83. The first kappa shape index (κ1) is 14.5. The minimum Gasteiger partial charge on any atom is -0.310 e. The molecule has 1 aromatic rings. The monoisotopic (exact) mass is 263 g/mol. The van der Waals surface area contributed by atoms with Crippen molar-refractivity contribution in [2.24, 2.45) is 5.92 Å². The highest BCUT2D eigenvalue weighted by molar-refractivity contribution is 5.26. The Morgan fingerprint density at radius 2 is 2.00 bits per heavy atom. The van der Waals surface area contributed by atoms with Gasteiger partial charge in [-0.05, 0) is 43.0 Å². The molecule has 1 atom stereocenters. The molecule has 1 unspecified atom stereocenters. The van der Waals surface area contributed by atoms with Crippen LogP contribution in [0.3, 0.4) is 0 Å². The van der Waals surface area contributed by atoms with Crippen LogP contribution in [0.2, 0.25) is 0 Å². The van der Waals surface area contributed by atoms with Crippen LogP contribution in [0, 0.1) is 18.7 Å². The molecule has 0 heterocycles. The number of benzene rings is 1. The van der Waals surface area contributed by atoms with Crippen molar-refractivity contribution in [3.8, 4) is 0 Å². The van der Waals surface area contributed by atoms with Crippen molar-refractivity contribution in [3.05, 3.63) is 35.1 Å². The summed E-state index contributed by atoms with van der Waals surface area (Å²) in [5.41, 5.74) is 1.84. The van der Waals surface area contributed by atoms with E-state index in [9.17, 15) is 4.39 Å². The van der Waals surface area contributed by atoms with Crippen molar-refractivity contribution in [2.75, 3.05) is 6.54 Å². The van der Waals surface area contributed by atoms with Gasteiger partial charge in [0.2, 0.25) is 0 Å². The van der Waals surface area contributed by atoms with Crippen LogP contribution in [0.1, 0.15) is 62.6 Å². The van der Waals surface area contributed by atoms with Gasteiger partial charge in [-0.25, -0.2) is 4.39 Å². The largest absolute Gasteiger partial charge is 0.310 e. The van der Waals surface area contributed by atoms with E-state index in [-0.39, 0.29) is 5.82 Å². The highest BCUT2D eigenvalue weighted by Gasteiger charge is 2.20. The molecule has 1 nitrogen and oxygen atoms in total. The molecule has 1 fully saturated rings. The molecule has 0 amide bonds. The Balaban J connectivity index is 2.07. The standard InChI is InChI=1S/C17H26FN/c1-3-19-17(11-14-7-5-4-6-8-14)15-10-9-13(2)16(18)12-15/h9-10,12,14,17,19H,3-8,11H2,1-2H3. The summed E-state index contributed by atoms with van der Waals surface area (Å²) in [6.07, 6.45) is 7.96. The predicted molar refractivity (Wildman–Crippen MR) is 78.7 cm³/mol. The van der Waals surface area contributed by atoms with E-state index in [2.05, 4.69) is 18.3 Å². The van der Waals surface area contributed by atoms with Crippen molar-refractivity contribution < 1.29 is 4.39 Å². The number of hydrogen-bond acceptors (Lipinski definition) is 1. The number of aryl methyl sites for hydroxylation is 1. The maximum atomic E-state index is 13.7. The van der Waals surface area contributed by atoms with Gasteiger partial charge in [-0.1, -0.05) is 51.2 Å². The van der Waals surface area contributed by atoms with E-state index in [0.29, 0.717) is 6.04 Å². The highest BCUT2D eigenvalue weighted by Crippen LogP contribution is 2.32. The first-order valence-corrected chi connectivity index (χ1v) is 7.70. The fraction of sp³-hybridized carbons (Fsp3) is 0.647. The summed E-state index contributed by atoms with van der Waals surface area (Å²) in [5.74, 6) is 0.728.